The summed E-state index contributed by atoms with van der Waals surface area (Å²) in [6.07, 6.45) is 5.09. The summed E-state index contributed by atoms with van der Waals surface area (Å²) in [5.74, 6) is 0.545. The van der Waals surface area contributed by atoms with Crippen molar-refractivity contribution in [3.63, 3.8) is 0 Å². The van der Waals surface area contributed by atoms with E-state index in [-0.39, 0.29) is 5.82 Å². The van der Waals surface area contributed by atoms with Crippen LogP contribution in [-0.2, 0) is 6.54 Å². The average molecular weight is 256 g/mol. The number of nitrogens with one attached hydrogen (secondary N) is 1. The third-order valence-corrected chi connectivity index (χ3v) is 3.67. The molecule has 1 aromatic rings. The van der Waals surface area contributed by atoms with Gasteiger partial charge in [0.05, 0.1) is 0 Å². The molecule has 0 aromatic heterocycles. The molecule has 1 aliphatic carbocycles. The second kappa shape index (κ2) is 5.83. The van der Waals surface area contributed by atoms with Gasteiger partial charge in [-0.1, -0.05) is 31.4 Å². The van der Waals surface area contributed by atoms with Gasteiger partial charge in [0.2, 0.25) is 0 Å². The third kappa shape index (κ3) is 3.97. The summed E-state index contributed by atoms with van der Waals surface area (Å²) in [7, 11) is 0. The lowest BCUT2D eigenvalue weighted by Crippen LogP contribution is -2.33. The molecule has 1 N–H and O–H groups in total. The molecule has 2 atom stereocenters. The van der Waals surface area contributed by atoms with E-state index in [0.717, 1.165) is 11.5 Å². The lowest BCUT2D eigenvalue weighted by molar-refractivity contribution is 0.300. The van der Waals surface area contributed by atoms with Crippen molar-refractivity contribution in [1.82, 2.24) is 5.32 Å². The van der Waals surface area contributed by atoms with Gasteiger partial charge in [-0.15, -0.1) is 0 Å². The highest BCUT2D eigenvalue weighted by Crippen LogP contribution is 2.24. The second-order valence-electron chi connectivity index (χ2n) is 5.13. The summed E-state index contributed by atoms with van der Waals surface area (Å²) in [5, 5.41) is 3.97. The molecular formula is C14H19ClFN. The van der Waals surface area contributed by atoms with Gasteiger partial charge in [-0.3, -0.25) is 0 Å². The number of benzene rings is 1. The zero-order valence-corrected chi connectivity index (χ0v) is 10.9. The first kappa shape index (κ1) is 12.8. The molecule has 94 valence electrons. The Bertz CT molecular complexity index is 360. The Balaban J connectivity index is 1.88. The Morgan fingerprint density at radius 1 is 1.35 bits per heavy atom. The summed E-state index contributed by atoms with van der Waals surface area (Å²) >= 11 is 5.83. The van der Waals surface area contributed by atoms with E-state index >= 15 is 0 Å². The fourth-order valence-corrected chi connectivity index (χ4v) is 2.84. The van der Waals surface area contributed by atoms with Crippen molar-refractivity contribution >= 4 is 11.6 Å². The maximum absolute atomic E-state index is 13.1. The molecule has 3 heteroatoms. The smallest absolute Gasteiger partial charge is 0.125 e. The summed E-state index contributed by atoms with van der Waals surface area (Å²) < 4.78 is 13.1. The van der Waals surface area contributed by atoms with Crippen molar-refractivity contribution in [3.8, 4) is 0 Å². The van der Waals surface area contributed by atoms with Gasteiger partial charge < -0.3 is 5.32 Å². The molecule has 0 amide bonds. The zero-order chi connectivity index (χ0) is 12.3. The molecule has 2 unspecified atom stereocenters. The van der Waals surface area contributed by atoms with Crippen LogP contribution in [-0.4, -0.2) is 6.04 Å². The van der Waals surface area contributed by atoms with Gasteiger partial charge in [-0.2, -0.15) is 0 Å². The normalized spacial score (nSPS) is 24.9. The summed E-state index contributed by atoms with van der Waals surface area (Å²) in [6.45, 7) is 3.00. The number of rotatable bonds is 3. The van der Waals surface area contributed by atoms with E-state index in [2.05, 4.69) is 12.2 Å². The second-order valence-corrected chi connectivity index (χ2v) is 5.56. The highest BCUT2D eigenvalue weighted by molar-refractivity contribution is 6.30. The van der Waals surface area contributed by atoms with Gasteiger partial charge in [0, 0.05) is 17.6 Å². The molecule has 0 radical (unpaired) electrons. The van der Waals surface area contributed by atoms with Crippen molar-refractivity contribution in [2.24, 2.45) is 5.92 Å². The summed E-state index contributed by atoms with van der Waals surface area (Å²) in [6, 6.07) is 5.28. The largest absolute Gasteiger partial charge is 0.310 e. The van der Waals surface area contributed by atoms with E-state index in [4.69, 9.17) is 11.6 Å². The molecular weight excluding hydrogens is 237 g/mol. The van der Waals surface area contributed by atoms with Gasteiger partial charge >= 0.3 is 0 Å². The average Bonchev–Trinajstić information content (AvgIpc) is 2.25. The van der Waals surface area contributed by atoms with Crippen molar-refractivity contribution in [2.75, 3.05) is 0 Å². The molecule has 1 nitrogen and oxygen atoms in total. The molecule has 0 bridgehead atoms. The summed E-state index contributed by atoms with van der Waals surface area (Å²) in [4.78, 5) is 0. The van der Waals surface area contributed by atoms with Crippen LogP contribution in [0.3, 0.4) is 0 Å². The predicted octanol–water partition coefficient (Wildman–Crippen LogP) is 4.15. The van der Waals surface area contributed by atoms with Crippen molar-refractivity contribution < 1.29 is 4.39 Å². The van der Waals surface area contributed by atoms with Crippen molar-refractivity contribution in [2.45, 2.75) is 45.2 Å². The first-order valence-corrected chi connectivity index (χ1v) is 6.69. The van der Waals surface area contributed by atoms with Gasteiger partial charge in [-0.05, 0) is 42.5 Å². The monoisotopic (exact) mass is 255 g/mol. The molecule has 1 fully saturated rings. The van der Waals surface area contributed by atoms with Crippen LogP contribution in [0.1, 0.15) is 38.2 Å². The Hall–Kier alpha value is -0.600. The first-order chi connectivity index (χ1) is 8.13. The molecule has 0 saturated heterocycles. The van der Waals surface area contributed by atoms with E-state index < -0.39 is 0 Å². The molecule has 0 heterocycles. The minimum absolute atomic E-state index is 0.258. The van der Waals surface area contributed by atoms with Crippen LogP contribution in [0, 0.1) is 11.7 Å². The fraction of sp³-hybridized carbons (Fsp3) is 0.571. The third-order valence-electron chi connectivity index (χ3n) is 3.45. The maximum atomic E-state index is 13.1. The Kier molecular flexibility index (Phi) is 4.41. The standard InChI is InChI=1S/C14H19ClFN/c1-10-3-2-4-14(5-10)17-9-11-6-12(15)8-13(16)7-11/h6-8,10,14,17H,2-5,9H2,1H3. The van der Waals surface area contributed by atoms with Crippen LogP contribution in [0.2, 0.25) is 5.02 Å². The molecule has 17 heavy (non-hydrogen) atoms. The first-order valence-electron chi connectivity index (χ1n) is 6.32. The number of halogens is 2. The van der Waals surface area contributed by atoms with Crippen LogP contribution in [0.25, 0.3) is 0 Å². The van der Waals surface area contributed by atoms with Crippen LogP contribution in [0.4, 0.5) is 4.39 Å². The highest BCUT2D eigenvalue weighted by Gasteiger charge is 2.18. The Morgan fingerprint density at radius 3 is 2.88 bits per heavy atom. The molecule has 0 spiro atoms. The molecule has 1 aromatic carbocycles. The maximum Gasteiger partial charge on any atom is 0.125 e. The fourth-order valence-electron chi connectivity index (χ4n) is 2.59. The van der Waals surface area contributed by atoms with Gasteiger partial charge in [0.25, 0.3) is 0 Å². The predicted molar refractivity (Wildman–Crippen MR) is 69.7 cm³/mol. The van der Waals surface area contributed by atoms with E-state index in [0.29, 0.717) is 17.6 Å². The van der Waals surface area contributed by atoms with Crippen LogP contribution in [0.15, 0.2) is 18.2 Å². The minimum Gasteiger partial charge on any atom is -0.310 e. The van der Waals surface area contributed by atoms with Crippen molar-refractivity contribution in [1.29, 1.82) is 0 Å². The van der Waals surface area contributed by atoms with Gasteiger partial charge in [0.1, 0.15) is 5.82 Å². The number of hydrogen-bond acceptors (Lipinski definition) is 1. The lowest BCUT2D eigenvalue weighted by atomic mass is 9.87. The molecule has 0 aliphatic heterocycles. The van der Waals surface area contributed by atoms with E-state index in [1.54, 1.807) is 6.07 Å². The SMILES string of the molecule is CC1CCCC(NCc2cc(F)cc(Cl)c2)C1. The van der Waals surface area contributed by atoms with Crippen LogP contribution in [0.5, 0.6) is 0 Å². The van der Waals surface area contributed by atoms with Crippen molar-refractivity contribution in [3.05, 3.63) is 34.6 Å². The Morgan fingerprint density at radius 2 is 2.18 bits per heavy atom. The Labute approximate surface area is 107 Å². The summed E-state index contributed by atoms with van der Waals surface area (Å²) in [5.41, 5.74) is 0.924. The van der Waals surface area contributed by atoms with Gasteiger partial charge in [-0.25, -0.2) is 4.39 Å². The van der Waals surface area contributed by atoms with Gasteiger partial charge in [0.15, 0.2) is 0 Å². The van der Waals surface area contributed by atoms with E-state index in [1.165, 1.54) is 31.7 Å². The minimum atomic E-state index is -0.258. The lowest BCUT2D eigenvalue weighted by Gasteiger charge is -2.27. The zero-order valence-electron chi connectivity index (χ0n) is 10.2. The highest BCUT2D eigenvalue weighted by atomic mass is 35.5. The topological polar surface area (TPSA) is 12.0 Å². The molecule has 1 saturated carbocycles. The number of hydrogen-bond donors (Lipinski definition) is 1. The quantitative estimate of drug-likeness (QED) is 0.856. The van der Waals surface area contributed by atoms with E-state index in [9.17, 15) is 4.39 Å². The molecule has 1 aliphatic rings. The molecule has 2 rings (SSSR count). The van der Waals surface area contributed by atoms with E-state index in [1.807, 2.05) is 6.07 Å². The van der Waals surface area contributed by atoms with Crippen LogP contribution < -0.4 is 5.32 Å². The van der Waals surface area contributed by atoms with Crippen LogP contribution >= 0.6 is 11.6 Å².